The highest BCUT2D eigenvalue weighted by Crippen LogP contribution is 2.22. The van der Waals surface area contributed by atoms with Crippen molar-refractivity contribution in [2.45, 2.75) is 18.9 Å². The number of rotatable bonds is 4. The predicted molar refractivity (Wildman–Crippen MR) is 87.4 cm³/mol. The summed E-state index contributed by atoms with van der Waals surface area (Å²) in [5, 5.41) is 15.1. The highest BCUT2D eigenvalue weighted by Gasteiger charge is 2.24. The number of piperidine rings is 1. The molecule has 1 N–H and O–H groups in total. The molecule has 3 rings (SSSR count). The van der Waals surface area contributed by atoms with Crippen LogP contribution in [0.2, 0.25) is 0 Å². The van der Waals surface area contributed by atoms with Crippen LogP contribution in [0.3, 0.4) is 0 Å². The molecule has 0 radical (unpaired) electrons. The fraction of sp³-hybridized carbons (Fsp3) is 0.312. The van der Waals surface area contributed by atoms with Gasteiger partial charge in [0.05, 0.1) is 17.8 Å². The quantitative estimate of drug-likeness (QED) is 0.874. The molecule has 0 aromatic carbocycles. The Kier molecular flexibility index (Phi) is 4.57. The molecule has 1 saturated heterocycles. The summed E-state index contributed by atoms with van der Waals surface area (Å²) in [5.41, 5.74) is 0.172. The fourth-order valence-corrected chi connectivity index (χ4v) is 3.28. The van der Waals surface area contributed by atoms with Crippen molar-refractivity contribution in [1.29, 1.82) is 0 Å². The van der Waals surface area contributed by atoms with Crippen LogP contribution in [0.4, 0.5) is 0 Å². The van der Waals surface area contributed by atoms with Crippen LogP contribution in [0, 0.1) is 0 Å². The van der Waals surface area contributed by atoms with Crippen LogP contribution in [0.5, 0.6) is 0 Å². The maximum absolute atomic E-state index is 12.3. The summed E-state index contributed by atoms with van der Waals surface area (Å²) < 4.78 is 1.66. The zero-order valence-corrected chi connectivity index (χ0v) is 13.3. The van der Waals surface area contributed by atoms with Crippen LogP contribution < -0.4 is 0 Å². The summed E-state index contributed by atoms with van der Waals surface area (Å²) in [4.78, 5) is 26.1. The first-order valence-corrected chi connectivity index (χ1v) is 8.29. The Bertz CT molecular complexity index is 721. The lowest BCUT2D eigenvalue weighted by Crippen LogP contribution is -2.40. The number of thiophene rings is 1. The highest BCUT2D eigenvalue weighted by atomic mass is 32.1. The second kappa shape index (κ2) is 6.78. The van der Waals surface area contributed by atoms with Crippen molar-refractivity contribution in [3.05, 3.63) is 46.4 Å². The number of carboxylic acids is 1. The van der Waals surface area contributed by atoms with Crippen LogP contribution >= 0.6 is 11.3 Å². The standard InChI is InChI=1S/C16H17N3O3S/c20-15(6-5-14-4-2-8-23-14)18-7-1-3-13(11-18)19-10-12(9-17-19)16(21)22/h2,4-6,8-10,13H,1,3,7,11H2,(H,21,22)/b6-5+. The summed E-state index contributed by atoms with van der Waals surface area (Å²) in [6, 6.07) is 3.93. The Labute approximate surface area is 137 Å². The summed E-state index contributed by atoms with van der Waals surface area (Å²) in [6.45, 7) is 1.27. The maximum Gasteiger partial charge on any atom is 0.338 e. The van der Waals surface area contributed by atoms with E-state index in [0.29, 0.717) is 6.54 Å². The number of hydrogen-bond donors (Lipinski definition) is 1. The van der Waals surface area contributed by atoms with E-state index >= 15 is 0 Å². The number of amides is 1. The van der Waals surface area contributed by atoms with Gasteiger partial charge in [-0.05, 0) is 30.4 Å². The third-order valence-corrected chi connectivity index (χ3v) is 4.70. The third-order valence-electron chi connectivity index (χ3n) is 3.86. The molecular formula is C16H17N3O3S. The van der Waals surface area contributed by atoms with Crippen LogP contribution in [-0.2, 0) is 4.79 Å². The zero-order valence-electron chi connectivity index (χ0n) is 12.5. The number of carbonyl (C=O) groups excluding carboxylic acids is 1. The number of carboxylic acid groups (broad SMARTS) is 1. The van der Waals surface area contributed by atoms with Crippen molar-refractivity contribution in [2.75, 3.05) is 13.1 Å². The molecule has 2 aromatic heterocycles. The van der Waals surface area contributed by atoms with Crippen molar-refractivity contribution in [1.82, 2.24) is 14.7 Å². The molecule has 1 fully saturated rings. The molecule has 2 aromatic rings. The summed E-state index contributed by atoms with van der Waals surface area (Å²) in [6.07, 6.45) is 8.07. The Morgan fingerprint density at radius 3 is 3.00 bits per heavy atom. The van der Waals surface area contributed by atoms with Gasteiger partial charge in [0.2, 0.25) is 5.91 Å². The number of aromatic nitrogens is 2. The van der Waals surface area contributed by atoms with E-state index in [4.69, 9.17) is 5.11 Å². The van der Waals surface area contributed by atoms with E-state index in [0.717, 1.165) is 24.3 Å². The molecule has 0 aliphatic carbocycles. The number of likely N-dealkylation sites (tertiary alicyclic amines) is 1. The number of hydrogen-bond acceptors (Lipinski definition) is 4. The predicted octanol–water partition coefficient (Wildman–Crippen LogP) is 2.52. The van der Waals surface area contributed by atoms with E-state index in [9.17, 15) is 9.59 Å². The molecule has 23 heavy (non-hydrogen) atoms. The molecular weight excluding hydrogens is 314 g/mol. The van der Waals surface area contributed by atoms with E-state index in [1.807, 2.05) is 23.6 Å². The van der Waals surface area contributed by atoms with E-state index in [1.54, 1.807) is 27.0 Å². The van der Waals surface area contributed by atoms with Gasteiger partial charge in [-0.3, -0.25) is 9.48 Å². The largest absolute Gasteiger partial charge is 0.478 e. The number of carbonyl (C=O) groups is 2. The van der Waals surface area contributed by atoms with Crippen molar-refractivity contribution in [2.24, 2.45) is 0 Å². The minimum Gasteiger partial charge on any atom is -0.478 e. The van der Waals surface area contributed by atoms with Crippen molar-refractivity contribution in [3.8, 4) is 0 Å². The van der Waals surface area contributed by atoms with Gasteiger partial charge in [-0.1, -0.05) is 6.07 Å². The second-order valence-electron chi connectivity index (χ2n) is 5.44. The van der Waals surface area contributed by atoms with E-state index < -0.39 is 5.97 Å². The van der Waals surface area contributed by atoms with Gasteiger partial charge >= 0.3 is 5.97 Å². The first-order valence-electron chi connectivity index (χ1n) is 7.41. The monoisotopic (exact) mass is 331 g/mol. The number of nitrogens with zero attached hydrogens (tertiary/aromatic N) is 3. The zero-order chi connectivity index (χ0) is 16.2. The molecule has 0 saturated carbocycles. The van der Waals surface area contributed by atoms with Gasteiger partial charge in [0.25, 0.3) is 0 Å². The summed E-state index contributed by atoms with van der Waals surface area (Å²) in [5.74, 6) is -1.01. The Morgan fingerprint density at radius 1 is 1.43 bits per heavy atom. The molecule has 0 spiro atoms. The van der Waals surface area contributed by atoms with Gasteiger partial charge in [-0.25, -0.2) is 4.79 Å². The molecule has 6 nitrogen and oxygen atoms in total. The average Bonchev–Trinajstić information content (AvgIpc) is 3.24. The van der Waals surface area contributed by atoms with Crippen molar-refractivity contribution < 1.29 is 14.7 Å². The normalized spacial score (nSPS) is 18.4. The lowest BCUT2D eigenvalue weighted by molar-refractivity contribution is -0.127. The first-order chi connectivity index (χ1) is 11.1. The summed E-state index contributed by atoms with van der Waals surface area (Å²) >= 11 is 1.59. The van der Waals surface area contributed by atoms with Gasteiger partial charge in [-0.15, -0.1) is 11.3 Å². The Balaban J connectivity index is 1.65. The smallest absolute Gasteiger partial charge is 0.338 e. The topological polar surface area (TPSA) is 75.4 Å². The molecule has 120 valence electrons. The van der Waals surface area contributed by atoms with E-state index in [2.05, 4.69) is 5.10 Å². The molecule has 1 amide bonds. The average molecular weight is 331 g/mol. The summed E-state index contributed by atoms with van der Waals surface area (Å²) in [7, 11) is 0. The lowest BCUT2D eigenvalue weighted by Gasteiger charge is -2.32. The molecule has 1 unspecified atom stereocenters. The minimum atomic E-state index is -0.987. The third kappa shape index (κ3) is 3.68. The molecule has 1 aliphatic heterocycles. The molecule has 3 heterocycles. The van der Waals surface area contributed by atoms with Crippen molar-refractivity contribution >= 4 is 29.3 Å². The van der Waals surface area contributed by atoms with Gasteiger partial charge in [0.1, 0.15) is 0 Å². The van der Waals surface area contributed by atoms with Crippen molar-refractivity contribution in [3.63, 3.8) is 0 Å². The highest BCUT2D eigenvalue weighted by molar-refractivity contribution is 7.10. The Hall–Kier alpha value is -2.41. The molecule has 1 atom stereocenters. The SMILES string of the molecule is O=C(O)c1cnn(C2CCCN(C(=O)/C=C/c3cccs3)C2)c1. The maximum atomic E-state index is 12.3. The Morgan fingerprint density at radius 2 is 2.30 bits per heavy atom. The van der Waals surface area contributed by atoms with Crippen LogP contribution in [0.1, 0.15) is 34.1 Å². The van der Waals surface area contributed by atoms with Crippen LogP contribution in [-0.4, -0.2) is 44.8 Å². The molecule has 0 bridgehead atoms. The van der Waals surface area contributed by atoms with Crippen LogP contribution in [0.25, 0.3) is 6.08 Å². The van der Waals surface area contributed by atoms with E-state index in [1.165, 1.54) is 12.4 Å². The first kappa shape index (κ1) is 15.5. The van der Waals surface area contributed by atoms with Gasteiger partial charge in [-0.2, -0.15) is 5.10 Å². The van der Waals surface area contributed by atoms with Gasteiger partial charge < -0.3 is 10.0 Å². The van der Waals surface area contributed by atoms with Gasteiger partial charge in [0.15, 0.2) is 0 Å². The number of aromatic carboxylic acids is 1. The van der Waals surface area contributed by atoms with Gasteiger partial charge in [0, 0.05) is 30.2 Å². The minimum absolute atomic E-state index is 0.0197. The lowest BCUT2D eigenvalue weighted by atomic mass is 10.1. The molecule has 1 aliphatic rings. The fourth-order valence-electron chi connectivity index (χ4n) is 2.66. The second-order valence-corrected chi connectivity index (χ2v) is 6.42. The van der Waals surface area contributed by atoms with E-state index in [-0.39, 0.29) is 17.5 Å². The van der Waals surface area contributed by atoms with Crippen LogP contribution in [0.15, 0.2) is 36.0 Å². The molecule has 7 heteroatoms.